The fourth-order valence-corrected chi connectivity index (χ4v) is 3.02. The van der Waals surface area contributed by atoms with Crippen molar-refractivity contribution in [3.8, 4) is 0 Å². The first-order chi connectivity index (χ1) is 9.22. The Bertz CT molecular complexity index is 402. The first-order valence-corrected chi connectivity index (χ1v) is 7.70. The lowest BCUT2D eigenvalue weighted by molar-refractivity contribution is 0.0996. The van der Waals surface area contributed by atoms with Gasteiger partial charge in [0.2, 0.25) is 0 Å². The Morgan fingerprint density at radius 2 is 2.32 bits per heavy atom. The third kappa shape index (κ3) is 3.95. The SMILES string of the molecule is CCNC(CCC1CCCO1)c1cccc(Cl)c1C. The van der Waals surface area contributed by atoms with Crippen LogP contribution in [-0.2, 0) is 4.74 Å². The van der Waals surface area contributed by atoms with Crippen LogP contribution in [0, 0.1) is 6.92 Å². The van der Waals surface area contributed by atoms with Crippen molar-refractivity contribution in [3.63, 3.8) is 0 Å². The average Bonchev–Trinajstić information content (AvgIpc) is 2.91. The van der Waals surface area contributed by atoms with Crippen molar-refractivity contribution in [1.82, 2.24) is 5.32 Å². The van der Waals surface area contributed by atoms with E-state index < -0.39 is 0 Å². The quantitative estimate of drug-likeness (QED) is 0.841. The number of rotatable bonds is 6. The van der Waals surface area contributed by atoms with Gasteiger partial charge in [-0.3, -0.25) is 0 Å². The molecule has 1 saturated heterocycles. The molecule has 0 amide bonds. The van der Waals surface area contributed by atoms with Gasteiger partial charge in [-0.2, -0.15) is 0 Å². The van der Waals surface area contributed by atoms with E-state index in [0.29, 0.717) is 12.1 Å². The zero-order valence-corrected chi connectivity index (χ0v) is 12.7. The van der Waals surface area contributed by atoms with Gasteiger partial charge in [0.15, 0.2) is 0 Å². The minimum atomic E-state index is 0.382. The first-order valence-electron chi connectivity index (χ1n) is 7.32. The molecule has 0 aliphatic carbocycles. The molecule has 3 heteroatoms. The van der Waals surface area contributed by atoms with Crippen molar-refractivity contribution in [3.05, 3.63) is 34.3 Å². The zero-order valence-electron chi connectivity index (χ0n) is 11.9. The van der Waals surface area contributed by atoms with E-state index in [9.17, 15) is 0 Å². The number of hydrogen-bond donors (Lipinski definition) is 1. The summed E-state index contributed by atoms with van der Waals surface area (Å²) in [6.07, 6.45) is 5.13. The Labute approximate surface area is 121 Å². The number of nitrogens with one attached hydrogen (secondary N) is 1. The number of halogens is 1. The maximum Gasteiger partial charge on any atom is 0.0576 e. The summed E-state index contributed by atoms with van der Waals surface area (Å²) in [6.45, 7) is 6.17. The second-order valence-electron chi connectivity index (χ2n) is 5.28. The molecule has 2 unspecified atom stereocenters. The molecular weight excluding hydrogens is 258 g/mol. The molecule has 0 spiro atoms. The van der Waals surface area contributed by atoms with Crippen molar-refractivity contribution in [2.75, 3.05) is 13.2 Å². The van der Waals surface area contributed by atoms with Gasteiger partial charge >= 0.3 is 0 Å². The van der Waals surface area contributed by atoms with E-state index in [1.54, 1.807) is 0 Å². The van der Waals surface area contributed by atoms with Gasteiger partial charge in [0, 0.05) is 17.7 Å². The lowest BCUT2D eigenvalue weighted by Gasteiger charge is -2.22. The van der Waals surface area contributed by atoms with E-state index in [1.165, 1.54) is 24.0 Å². The summed E-state index contributed by atoms with van der Waals surface area (Å²) in [4.78, 5) is 0. The molecule has 2 rings (SSSR count). The number of hydrogen-bond acceptors (Lipinski definition) is 2. The Hall–Kier alpha value is -0.570. The Kier molecular flexibility index (Phi) is 5.68. The van der Waals surface area contributed by atoms with E-state index >= 15 is 0 Å². The molecule has 2 atom stereocenters. The van der Waals surface area contributed by atoms with Gasteiger partial charge in [0.05, 0.1) is 6.10 Å². The number of benzene rings is 1. The van der Waals surface area contributed by atoms with Gasteiger partial charge in [-0.25, -0.2) is 0 Å². The average molecular weight is 282 g/mol. The molecule has 1 aromatic carbocycles. The Balaban J connectivity index is 2.03. The van der Waals surface area contributed by atoms with E-state index in [0.717, 1.165) is 31.0 Å². The molecule has 1 heterocycles. The fraction of sp³-hybridized carbons (Fsp3) is 0.625. The summed E-state index contributed by atoms with van der Waals surface area (Å²) in [5, 5.41) is 4.44. The predicted molar refractivity (Wildman–Crippen MR) is 80.8 cm³/mol. The van der Waals surface area contributed by atoms with E-state index in [-0.39, 0.29) is 0 Å². The molecule has 0 aromatic heterocycles. The van der Waals surface area contributed by atoms with Gasteiger partial charge in [-0.15, -0.1) is 0 Å². The maximum absolute atomic E-state index is 6.23. The summed E-state index contributed by atoms with van der Waals surface area (Å²) in [7, 11) is 0. The first kappa shape index (κ1) is 14.8. The molecule has 0 saturated carbocycles. The second kappa shape index (κ2) is 7.28. The highest BCUT2D eigenvalue weighted by molar-refractivity contribution is 6.31. The number of ether oxygens (including phenoxy) is 1. The molecule has 106 valence electrons. The van der Waals surface area contributed by atoms with Crippen LogP contribution in [0.15, 0.2) is 18.2 Å². The van der Waals surface area contributed by atoms with E-state index in [2.05, 4.69) is 25.2 Å². The molecule has 1 N–H and O–H groups in total. The Morgan fingerprint density at radius 3 is 3.00 bits per heavy atom. The molecule has 2 nitrogen and oxygen atoms in total. The van der Waals surface area contributed by atoms with Gasteiger partial charge in [-0.05, 0) is 56.3 Å². The lowest BCUT2D eigenvalue weighted by Crippen LogP contribution is -2.23. The fourth-order valence-electron chi connectivity index (χ4n) is 2.84. The topological polar surface area (TPSA) is 21.3 Å². The molecule has 19 heavy (non-hydrogen) atoms. The molecule has 1 aliphatic heterocycles. The minimum absolute atomic E-state index is 0.382. The summed E-state index contributed by atoms with van der Waals surface area (Å²) in [5.41, 5.74) is 2.52. The van der Waals surface area contributed by atoms with Crippen LogP contribution in [0.1, 0.15) is 49.8 Å². The van der Waals surface area contributed by atoms with E-state index in [4.69, 9.17) is 16.3 Å². The molecule has 0 bridgehead atoms. The predicted octanol–water partition coefficient (Wildman–Crippen LogP) is 4.26. The van der Waals surface area contributed by atoms with Crippen molar-refractivity contribution < 1.29 is 4.74 Å². The van der Waals surface area contributed by atoms with Crippen LogP contribution in [0.25, 0.3) is 0 Å². The van der Waals surface area contributed by atoms with Crippen LogP contribution in [0.5, 0.6) is 0 Å². The second-order valence-corrected chi connectivity index (χ2v) is 5.68. The van der Waals surface area contributed by atoms with Crippen molar-refractivity contribution >= 4 is 11.6 Å². The van der Waals surface area contributed by atoms with Crippen molar-refractivity contribution in [2.24, 2.45) is 0 Å². The highest BCUT2D eigenvalue weighted by Gasteiger charge is 2.19. The van der Waals surface area contributed by atoms with Crippen molar-refractivity contribution in [2.45, 2.75) is 51.7 Å². The monoisotopic (exact) mass is 281 g/mol. The van der Waals surface area contributed by atoms with Crippen LogP contribution < -0.4 is 5.32 Å². The highest BCUT2D eigenvalue weighted by atomic mass is 35.5. The standard InChI is InChI=1S/C16H24ClNO/c1-3-18-16(10-9-13-6-5-11-19-13)14-7-4-8-15(17)12(14)2/h4,7-8,13,16,18H,3,5-6,9-11H2,1-2H3. The smallest absolute Gasteiger partial charge is 0.0576 e. The highest BCUT2D eigenvalue weighted by Crippen LogP contribution is 2.29. The van der Waals surface area contributed by atoms with Crippen molar-refractivity contribution in [1.29, 1.82) is 0 Å². The Morgan fingerprint density at radius 1 is 1.47 bits per heavy atom. The third-order valence-electron chi connectivity index (χ3n) is 3.94. The normalized spacial score (nSPS) is 20.7. The van der Waals surface area contributed by atoms with Crippen LogP contribution >= 0.6 is 11.6 Å². The largest absolute Gasteiger partial charge is 0.378 e. The maximum atomic E-state index is 6.23. The summed E-state index contributed by atoms with van der Waals surface area (Å²) in [5.74, 6) is 0. The van der Waals surface area contributed by atoms with Gasteiger partial charge in [0.1, 0.15) is 0 Å². The minimum Gasteiger partial charge on any atom is -0.378 e. The van der Waals surface area contributed by atoms with Crippen LogP contribution in [0.4, 0.5) is 0 Å². The van der Waals surface area contributed by atoms with Gasteiger partial charge in [-0.1, -0.05) is 30.7 Å². The van der Waals surface area contributed by atoms with Gasteiger partial charge < -0.3 is 10.1 Å². The molecule has 1 fully saturated rings. The third-order valence-corrected chi connectivity index (χ3v) is 4.35. The zero-order chi connectivity index (χ0) is 13.7. The molecule has 1 aromatic rings. The summed E-state index contributed by atoms with van der Waals surface area (Å²) < 4.78 is 5.72. The summed E-state index contributed by atoms with van der Waals surface area (Å²) in [6, 6.07) is 6.57. The van der Waals surface area contributed by atoms with Gasteiger partial charge in [0.25, 0.3) is 0 Å². The molecular formula is C16H24ClNO. The molecule has 0 radical (unpaired) electrons. The van der Waals surface area contributed by atoms with Crippen LogP contribution in [0.3, 0.4) is 0 Å². The summed E-state index contributed by atoms with van der Waals surface area (Å²) >= 11 is 6.23. The molecule has 1 aliphatic rings. The van der Waals surface area contributed by atoms with E-state index in [1.807, 2.05) is 12.1 Å². The van der Waals surface area contributed by atoms with Crippen LogP contribution in [-0.4, -0.2) is 19.3 Å². The lowest BCUT2D eigenvalue weighted by atomic mass is 9.95. The van der Waals surface area contributed by atoms with Crippen LogP contribution in [0.2, 0.25) is 5.02 Å².